The molecule has 0 atom stereocenters. The molecule has 3 rings (SSSR count). The molecule has 0 aromatic heterocycles. The summed E-state index contributed by atoms with van der Waals surface area (Å²) in [6.07, 6.45) is 1.69. The van der Waals surface area contributed by atoms with Crippen LogP contribution in [0.3, 0.4) is 0 Å². The zero-order chi connectivity index (χ0) is 13.8. The van der Waals surface area contributed by atoms with E-state index in [0.717, 1.165) is 38.0 Å². The molecule has 3 heteroatoms. The predicted molar refractivity (Wildman–Crippen MR) is 80.4 cm³/mol. The van der Waals surface area contributed by atoms with Crippen molar-refractivity contribution in [1.29, 1.82) is 0 Å². The molecule has 1 fully saturated rings. The number of benzene rings is 2. The third-order valence-corrected chi connectivity index (χ3v) is 4.39. The minimum atomic E-state index is -0.624. The quantitative estimate of drug-likeness (QED) is 0.728. The number of halogens is 1. The van der Waals surface area contributed by atoms with E-state index in [-0.39, 0.29) is 12.4 Å². The highest BCUT2D eigenvalue weighted by molar-refractivity contribution is 5.22. The van der Waals surface area contributed by atoms with E-state index in [1.807, 2.05) is 30.3 Å². The highest BCUT2D eigenvalue weighted by Gasteiger charge is 2.35. The number of quaternary nitrogens is 1. The molecule has 0 unspecified atom stereocenters. The van der Waals surface area contributed by atoms with Crippen LogP contribution in [0.2, 0.25) is 0 Å². The lowest BCUT2D eigenvalue weighted by molar-refractivity contribution is -0.921. The monoisotopic (exact) mass is 303 g/mol. The molecule has 1 aliphatic rings. The van der Waals surface area contributed by atoms with Gasteiger partial charge in [0.05, 0.1) is 13.1 Å². The Balaban J connectivity index is 0.00000161. The van der Waals surface area contributed by atoms with Crippen molar-refractivity contribution in [2.24, 2.45) is 0 Å². The summed E-state index contributed by atoms with van der Waals surface area (Å²) >= 11 is 0. The summed E-state index contributed by atoms with van der Waals surface area (Å²) in [5, 5.41) is 10.8. The number of aliphatic hydroxyl groups is 1. The van der Waals surface area contributed by atoms with Gasteiger partial charge in [-0.2, -0.15) is 0 Å². The van der Waals surface area contributed by atoms with Crippen LogP contribution in [0.1, 0.15) is 24.0 Å². The van der Waals surface area contributed by atoms with Gasteiger partial charge in [-0.15, -0.1) is 0 Å². The molecule has 0 aliphatic carbocycles. The Labute approximate surface area is 132 Å². The second kappa shape index (κ2) is 7.08. The summed E-state index contributed by atoms with van der Waals surface area (Å²) in [7, 11) is 0. The van der Waals surface area contributed by atoms with Gasteiger partial charge >= 0.3 is 0 Å². The number of rotatable bonds is 3. The second-order valence-corrected chi connectivity index (χ2v) is 5.81. The van der Waals surface area contributed by atoms with Crippen molar-refractivity contribution in [3.8, 4) is 0 Å². The van der Waals surface area contributed by atoms with Gasteiger partial charge in [0, 0.05) is 18.4 Å². The average molecular weight is 304 g/mol. The Bertz CT molecular complexity index is 536. The van der Waals surface area contributed by atoms with Crippen LogP contribution >= 0.6 is 0 Å². The fourth-order valence-electron chi connectivity index (χ4n) is 3.12. The van der Waals surface area contributed by atoms with Crippen LogP contribution in [0.25, 0.3) is 0 Å². The lowest BCUT2D eigenvalue weighted by Gasteiger charge is -2.36. The first-order valence-electron chi connectivity index (χ1n) is 7.42. The molecule has 1 heterocycles. The maximum Gasteiger partial charge on any atom is 0.103 e. The molecule has 21 heavy (non-hydrogen) atoms. The van der Waals surface area contributed by atoms with Gasteiger partial charge in [-0.25, -0.2) is 0 Å². The highest BCUT2D eigenvalue weighted by Crippen LogP contribution is 2.28. The summed E-state index contributed by atoms with van der Waals surface area (Å²) < 4.78 is 0. The fourth-order valence-corrected chi connectivity index (χ4v) is 3.12. The Morgan fingerprint density at radius 2 is 1.38 bits per heavy atom. The molecule has 112 valence electrons. The van der Waals surface area contributed by atoms with E-state index >= 15 is 0 Å². The van der Waals surface area contributed by atoms with Crippen molar-refractivity contribution in [3.05, 3.63) is 71.8 Å². The SMILES string of the molecule is OC1(c2ccccc2)CC[NH+](Cc2ccccc2)CC1.[Cl-]. The molecule has 0 bridgehead atoms. The Morgan fingerprint density at radius 1 is 0.857 bits per heavy atom. The van der Waals surface area contributed by atoms with Crippen molar-refractivity contribution in [1.82, 2.24) is 0 Å². The summed E-state index contributed by atoms with van der Waals surface area (Å²) in [5.41, 5.74) is 1.83. The minimum absolute atomic E-state index is 0. The van der Waals surface area contributed by atoms with Crippen LogP contribution < -0.4 is 17.3 Å². The van der Waals surface area contributed by atoms with Crippen molar-refractivity contribution in [2.45, 2.75) is 25.0 Å². The van der Waals surface area contributed by atoms with Gasteiger partial charge in [0.2, 0.25) is 0 Å². The first kappa shape index (κ1) is 16.0. The third kappa shape index (κ3) is 3.85. The van der Waals surface area contributed by atoms with Crippen LogP contribution in [0.5, 0.6) is 0 Å². The fraction of sp³-hybridized carbons (Fsp3) is 0.333. The van der Waals surface area contributed by atoms with Crippen molar-refractivity contribution in [2.75, 3.05) is 13.1 Å². The predicted octanol–water partition coefficient (Wildman–Crippen LogP) is -1.24. The van der Waals surface area contributed by atoms with Crippen LogP contribution in [-0.4, -0.2) is 18.2 Å². The van der Waals surface area contributed by atoms with E-state index in [4.69, 9.17) is 0 Å². The Kier molecular flexibility index (Phi) is 5.40. The maximum atomic E-state index is 10.8. The van der Waals surface area contributed by atoms with E-state index in [9.17, 15) is 5.11 Å². The molecule has 2 nitrogen and oxygen atoms in total. The summed E-state index contributed by atoms with van der Waals surface area (Å²) in [4.78, 5) is 1.57. The van der Waals surface area contributed by atoms with Crippen molar-refractivity contribution >= 4 is 0 Å². The molecule has 0 spiro atoms. The molecule has 2 N–H and O–H groups in total. The first-order chi connectivity index (χ1) is 9.76. The highest BCUT2D eigenvalue weighted by atomic mass is 35.5. The van der Waals surface area contributed by atoms with Gasteiger partial charge in [-0.3, -0.25) is 0 Å². The largest absolute Gasteiger partial charge is 1.00 e. The van der Waals surface area contributed by atoms with Gasteiger partial charge in [0.1, 0.15) is 12.1 Å². The normalized spacial score (nSPS) is 25.1. The number of hydrogen-bond donors (Lipinski definition) is 2. The Hall–Kier alpha value is -1.35. The second-order valence-electron chi connectivity index (χ2n) is 5.81. The van der Waals surface area contributed by atoms with Crippen LogP contribution in [0, 0.1) is 0 Å². The first-order valence-corrected chi connectivity index (χ1v) is 7.42. The van der Waals surface area contributed by atoms with Crippen molar-refractivity contribution < 1.29 is 22.4 Å². The van der Waals surface area contributed by atoms with Gasteiger partial charge in [-0.1, -0.05) is 60.7 Å². The summed E-state index contributed by atoms with van der Waals surface area (Å²) in [5.74, 6) is 0. The van der Waals surface area contributed by atoms with E-state index in [1.54, 1.807) is 4.90 Å². The summed E-state index contributed by atoms with van der Waals surface area (Å²) in [6.45, 7) is 3.12. The van der Waals surface area contributed by atoms with Crippen LogP contribution in [0.4, 0.5) is 0 Å². The lowest BCUT2D eigenvalue weighted by atomic mass is 9.84. The minimum Gasteiger partial charge on any atom is -1.00 e. The average Bonchev–Trinajstić information content (AvgIpc) is 2.52. The number of likely N-dealkylation sites (tertiary alicyclic amines) is 1. The molecule has 0 radical (unpaired) electrons. The van der Waals surface area contributed by atoms with E-state index in [1.165, 1.54) is 5.56 Å². The molecular formula is C18H22ClNO. The Morgan fingerprint density at radius 3 is 1.95 bits per heavy atom. The van der Waals surface area contributed by atoms with Gasteiger partial charge in [0.25, 0.3) is 0 Å². The molecule has 0 amide bonds. The standard InChI is InChI=1S/C18H21NO.ClH/c20-18(17-9-5-2-6-10-17)11-13-19(14-12-18)15-16-7-3-1-4-8-16;/h1-10,20H,11-15H2;1H. The molecule has 2 aromatic rings. The maximum absolute atomic E-state index is 10.8. The lowest BCUT2D eigenvalue weighted by Crippen LogP contribution is -3.12. The number of piperidine rings is 1. The van der Waals surface area contributed by atoms with Crippen LogP contribution in [-0.2, 0) is 12.1 Å². The van der Waals surface area contributed by atoms with E-state index in [2.05, 4.69) is 30.3 Å². The zero-order valence-electron chi connectivity index (χ0n) is 12.1. The zero-order valence-corrected chi connectivity index (χ0v) is 12.9. The molecule has 2 aromatic carbocycles. The third-order valence-electron chi connectivity index (χ3n) is 4.39. The van der Waals surface area contributed by atoms with Crippen molar-refractivity contribution in [3.63, 3.8) is 0 Å². The number of nitrogens with one attached hydrogen (secondary N) is 1. The van der Waals surface area contributed by atoms with Gasteiger partial charge in [0.15, 0.2) is 0 Å². The molecule has 1 saturated heterocycles. The van der Waals surface area contributed by atoms with Gasteiger partial charge < -0.3 is 22.4 Å². The van der Waals surface area contributed by atoms with Gasteiger partial charge in [-0.05, 0) is 5.56 Å². The summed E-state index contributed by atoms with van der Waals surface area (Å²) in [6, 6.07) is 20.7. The number of hydrogen-bond acceptors (Lipinski definition) is 1. The smallest absolute Gasteiger partial charge is 0.103 e. The van der Waals surface area contributed by atoms with Crippen LogP contribution in [0.15, 0.2) is 60.7 Å². The molecule has 0 saturated carbocycles. The molecule has 1 aliphatic heterocycles. The molecular weight excluding hydrogens is 282 g/mol. The van der Waals surface area contributed by atoms with E-state index in [0.29, 0.717) is 0 Å². The topological polar surface area (TPSA) is 24.7 Å². The van der Waals surface area contributed by atoms with E-state index < -0.39 is 5.60 Å².